The van der Waals surface area contributed by atoms with E-state index in [9.17, 15) is 0 Å². The SMILES string of the molecule is C1=C(c2ccccc2)CCc2c1[nH]c1ccc3c4ccccc4sc3c21. The molecule has 1 aliphatic carbocycles. The summed E-state index contributed by atoms with van der Waals surface area (Å²) >= 11 is 1.93. The number of fused-ring (bicyclic) bond motifs is 7. The van der Waals surface area contributed by atoms with Crippen molar-refractivity contribution in [3.63, 3.8) is 0 Å². The van der Waals surface area contributed by atoms with Gasteiger partial charge in [0.15, 0.2) is 0 Å². The highest BCUT2D eigenvalue weighted by molar-refractivity contribution is 7.26. The Morgan fingerprint density at radius 2 is 1.62 bits per heavy atom. The molecule has 1 nitrogen and oxygen atoms in total. The molecule has 0 atom stereocenters. The zero-order valence-corrected chi connectivity index (χ0v) is 15.1. The van der Waals surface area contributed by atoms with Gasteiger partial charge >= 0.3 is 0 Å². The molecule has 124 valence electrons. The van der Waals surface area contributed by atoms with Gasteiger partial charge in [-0.2, -0.15) is 0 Å². The van der Waals surface area contributed by atoms with Gasteiger partial charge in [-0.3, -0.25) is 0 Å². The van der Waals surface area contributed by atoms with Crippen LogP contribution in [0.5, 0.6) is 0 Å². The Balaban J connectivity index is 1.63. The summed E-state index contributed by atoms with van der Waals surface area (Å²) in [6.07, 6.45) is 4.56. The largest absolute Gasteiger partial charge is 0.355 e. The van der Waals surface area contributed by atoms with Crippen molar-refractivity contribution in [1.29, 1.82) is 0 Å². The van der Waals surface area contributed by atoms with Gasteiger partial charge in [0, 0.05) is 36.8 Å². The minimum absolute atomic E-state index is 1.10. The minimum atomic E-state index is 1.10. The number of aromatic amines is 1. The van der Waals surface area contributed by atoms with Gasteiger partial charge in [-0.25, -0.2) is 0 Å². The number of hydrogen-bond donors (Lipinski definition) is 1. The molecule has 0 fully saturated rings. The van der Waals surface area contributed by atoms with Crippen LogP contribution in [0.3, 0.4) is 0 Å². The standard InChI is InChI=1S/C24H17NS/c1-2-6-15(7-3-1)16-10-11-19-21(14-16)25-20-13-12-18-17-8-4-5-9-22(17)26-24(18)23(19)20/h1-9,12-14,25H,10-11H2. The molecule has 6 rings (SSSR count). The molecule has 1 aliphatic rings. The Kier molecular flexibility index (Phi) is 2.94. The number of rotatable bonds is 1. The van der Waals surface area contributed by atoms with Crippen molar-refractivity contribution in [3.05, 3.63) is 83.6 Å². The second-order valence-electron chi connectivity index (χ2n) is 7.02. The van der Waals surface area contributed by atoms with Crippen molar-refractivity contribution in [2.75, 3.05) is 0 Å². The number of aromatic nitrogens is 1. The smallest absolute Gasteiger partial charge is 0.0476 e. The third-order valence-electron chi connectivity index (χ3n) is 5.55. The first-order valence-corrected chi connectivity index (χ1v) is 9.91. The van der Waals surface area contributed by atoms with Gasteiger partial charge in [0.25, 0.3) is 0 Å². The van der Waals surface area contributed by atoms with Crippen LogP contribution in [0.1, 0.15) is 23.2 Å². The molecule has 0 saturated heterocycles. The van der Waals surface area contributed by atoms with Gasteiger partial charge in [-0.05, 0) is 47.8 Å². The fourth-order valence-electron chi connectivity index (χ4n) is 4.32. The lowest BCUT2D eigenvalue weighted by molar-refractivity contribution is 1.01. The van der Waals surface area contributed by atoms with Gasteiger partial charge in [-0.15, -0.1) is 11.3 Å². The second-order valence-corrected chi connectivity index (χ2v) is 8.07. The van der Waals surface area contributed by atoms with Gasteiger partial charge in [-0.1, -0.05) is 54.6 Å². The minimum Gasteiger partial charge on any atom is -0.355 e. The quantitative estimate of drug-likeness (QED) is 0.334. The van der Waals surface area contributed by atoms with E-state index in [1.165, 1.54) is 53.5 Å². The summed E-state index contributed by atoms with van der Waals surface area (Å²) < 4.78 is 2.80. The van der Waals surface area contributed by atoms with E-state index < -0.39 is 0 Å². The third-order valence-corrected chi connectivity index (χ3v) is 6.75. The predicted octanol–water partition coefficient (Wildman–Crippen LogP) is 7.02. The van der Waals surface area contributed by atoms with Crippen molar-refractivity contribution < 1.29 is 0 Å². The van der Waals surface area contributed by atoms with E-state index in [1.807, 2.05) is 11.3 Å². The van der Waals surface area contributed by atoms with Crippen LogP contribution in [0.25, 0.3) is 42.7 Å². The van der Waals surface area contributed by atoms with Gasteiger partial charge in [0.2, 0.25) is 0 Å². The molecule has 0 saturated carbocycles. The molecule has 0 aliphatic heterocycles. The summed E-state index contributed by atoms with van der Waals surface area (Å²) in [5, 5.41) is 4.19. The van der Waals surface area contributed by atoms with Crippen LogP contribution in [0.4, 0.5) is 0 Å². The fourth-order valence-corrected chi connectivity index (χ4v) is 5.59. The van der Waals surface area contributed by atoms with Gasteiger partial charge in [0.1, 0.15) is 0 Å². The number of aryl methyl sites for hydroxylation is 1. The number of benzene rings is 3. The number of hydrogen-bond acceptors (Lipinski definition) is 1. The average Bonchev–Trinajstić information content (AvgIpc) is 3.25. The first kappa shape index (κ1) is 14.3. The average molecular weight is 351 g/mol. The second kappa shape index (κ2) is 5.33. The molecule has 2 aromatic heterocycles. The highest BCUT2D eigenvalue weighted by Crippen LogP contribution is 2.42. The Hall–Kier alpha value is -2.84. The van der Waals surface area contributed by atoms with Crippen molar-refractivity contribution >= 4 is 54.1 Å². The molecule has 1 N–H and O–H groups in total. The lowest BCUT2D eigenvalue weighted by atomic mass is 9.91. The molecule has 0 spiro atoms. The number of H-pyrrole nitrogens is 1. The van der Waals surface area contributed by atoms with Crippen LogP contribution >= 0.6 is 11.3 Å². The topological polar surface area (TPSA) is 15.8 Å². The summed E-state index contributed by atoms with van der Waals surface area (Å²) in [4.78, 5) is 3.68. The number of thiophene rings is 1. The maximum Gasteiger partial charge on any atom is 0.0476 e. The summed E-state index contributed by atoms with van der Waals surface area (Å²) in [5.74, 6) is 0. The van der Waals surface area contributed by atoms with Crippen LogP contribution < -0.4 is 0 Å². The monoisotopic (exact) mass is 351 g/mol. The molecule has 2 heteroatoms. The van der Waals surface area contributed by atoms with Crippen LogP contribution in [0, 0.1) is 0 Å². The van der Waals surface area contributed by atoms with Crippen LogP contribution in [-0.2, 0) is 6.42 Å². The zero-order chi connectivity index (χ0) is 17.1. The number of allylic oxidation sites excluding steroid dienone is 1. The van der Waals surface area contributed by atoms with Crippen molar-refractivity contribution in [2.24, 2.45) is 0 Å². The highest BCUT2D eigenvalue weighted by Gasteiger charge is 2.19. The molecule has 0 bridgehead atoms. The van der Waals surface area contributed by atoms with E-state index in [2.05, 4.69) is 77.8 Å². The normalized spacial score (nSPS) is 14.1. The van der Waals surface area contributed by atoms with E-state index >= 15 is 0 Å². The molecular formula is C24H17NS. The molecular weight excluding hydrogens is 334 g/mol. The number of nitrogens with one attached hydrogen (secondary N) is 1. The molecule has 0 amide bonds. The Bertz CT molecular complexity index is 1320. The molecule has 5 aromatic rings. The Labute approximate surface area is 155 Å². The van der Waals surface area contributed by atoms with Gasteiger partial charge in [0.05, 0.1) is 0 Å². The van der Waals surface area contributed by atoms with Gasteiger partial charge < -0.3 is 4.98 Å². The molecule has 3 aromatic carbocycles. The maximum atomic E-state index is 3.68. The summed E-state index contributed by atoms with van der Waals surface area (Å²) in [5.41, 5.74) is 6.80. The van der Waals surface area contributed by atoms with E-state index in [0.717, 1.165) is 12.8 Å². The molecule has 0 unspecified atom stereocenters. The van der Waals surface area contributed by atoms with Crippen molar-refractivity contribution in [1.82, 2.24) is 4.98 Å². The Morgan fingerprint density at radius 1 is 0.769 bits per heavy atom. The summed E-state index contributed by atoms with van der Waals surface area (Å²) in [6, 6.07) is 24.0. The maximum absolute atomic E-state index is 3.68. The molecule has 2 heterocycles. The fraction of sp³-hybridized carbons (Fsp3) is 0.0833. The Morgan fingerprint density at radius 3 is 2.54 bits per heavy atom. The lowest BCUT2D eigenvalue weighted by Gasteiger charge is -2.14. The van der Waals surface area contributed by atoms with Crippen molar-refractivity contribution in [2.45, 2.75) is 12.8 Å². The first-order valence-electron chi connectivity index (χ1n) is 9.09. The predicted molar refractivity (Wildman–Crippen MR) is 114 cm³/mol. The van der Waals surface area contributed by atoms with Crippen LogP contribution in [-0.4, -0.2) is 4.98 Å². The van der Waals surface area contributed by atoms with Crippen LogP contribution in [0.2, 0.25) is 0 Å². The van der Waals surface area contributed by atoms with E-state index in [-0.39, 0.29) is 0 Å². The molecule has 26 heavy (non-hydrogen) atoms. The first-order chi connectivity index (χ1) is 12.9. The summed E-state index contributed by atoms with van der Waals surface area (Å²) in [6.45, 7) is 0. The zero-order valence-electron chi connectivity index (χ0n) is 14.3. The lowest BCUT2D eigenvalue weighted by Crippen LogP contribution is -1.97. The third kappa shape index (κ3) is 1.96. The highest BCUT2D eigenvalue weighted by atomic mass is 32.1. The van der Waals surface area contributed by atoms with Crippen molar-refractivity contribution in [3.8, 4) is 0 Å². The van der Waals surface area contributed by atoms with E-state index in [1.54, 1.807) is 0 Å². The van der Waals surface area contributed by atoms with E-state index in [0.29, 0.717) is 0 Å². The summed E-state index contributed by atoms with van der Waals surface area (Å²) in [7, 11) is 0. The van der Waals surface area contributed by atoms with E-state index in [4.69, 9.17) is 0 Å². The molecule has 0 radical (unpaired) electrons. The van der Waals surface area contributed by atoms with Crippen LogP contribution in [0.15, 0.2) is 66.7 Å².